The summed E-state index contributed by atoms with van der Waals surface area (Å²) in [6.07, 6.45) is 1.04. The molecule has 1 aliphatic heterocycles. The molecule has 1 saturated heterocycles. The van der Waals surface area contributed by atoms with E-state index in [-0.39, 0.29) is 17.9 Å². The second kappa shape index (κ2) is 4.21. The predicted molar refractivity (Wildman–Crippen MR) is 56.3 cm³/mol. The average Bonchev–Trinajstić information content (AvgIpc) is 2.43. The van der Waals surface area contributed by atoms with Gasteiger partial charge in [0.2, 0.25) is 5.91 Å². The second-order valence-corrected chi connectivity index (χ2v) is 4.77. The molecule has 0 aromatic heterocycles. The fourth-order valence-corrected chi connectivity index (χ4v) is 1.75. The molecule has 0 spiro atoms. The van der Waals surface area contributed by atoms with E-state index in [0.717, 1.165) is 0 Å². The van der Waals surface area contributed by atoms with Gasteiger partial charge in [0.25, 0.3) is 0 Å². The van der Waals surface area contributed by atoms with Crippen molar-refractivity contribution < 1.29 is 14.3 Å². The van der Waals surface area contributed by atoms with Gasteiger partial charge in [-0.1, -0.05) is 0 Å². The van der Waals surface area contributed by atoms with Gasteiger partial charge in [-0.25, -0.2) is 4.79 Å². The standard InChI is InChI=1S/C11H19NO3/c1-5-12-8(6-7-9(12)13)10(14)15-11(2,3)4/h8H,5-7H2,1-4H3. The van der Waals surface area contributed by atoms with Gasteiger partial charge in [-0.15, -0.1) is 0 Å². The largest absolute Gasteiger partial charge is 0.458 e. The molecular formula is C11H19NO3. The molecular weight excluding hydrogens is 194 g/mol. The van der Waals surface area contributed by atoms with E-state index in [1.54, 1.807) is 4.90 Å². The Bertz CT molecular complexity index is 267. The van der Waals surface area contributed by atoms with E-state index < -0.39 is 5.60 Å². The number of rotatable bonds is 2. The van der Waals surface area contributed by atoms with Crippen LogP contribution in [0.3, 0.4) is 0 Å². The maximum atomic E-state index is 11.8. The number of nitrogens with zero attached hydrogens (tertiary/aromatic N) is 1. The van der Waals surface area contributed by atoms with E-state index in [9.17, 15) is 9.59 Å². The number of esters is 1. The molecule has 1 unspecified atom stereocenters. The van der Waals surface area contributed by atoms with Crippen molar-refractivity contribution in [1.29, 1.82) is 0 Å². The van der Waals surface area contributed by atoms with Crippen LogP contribution in [0.4, 0.5) is 0 Å². The third kappa shape index (κ3) is 2.94. The van der Waals surface area contributed by atoms with Crippen LogP contribution in [0.1, 0.15) is 40.5 Å². The summed E-state index contributed by atoms with van der Waals surface area (Å²) in [5.74, 6) is -0.233. The van der Waals surface area contributed by atoms with E-state index in [4.69, 9.17) is 4.74 Å². The maximum absolute atomic E-state index is 11.8. The zero-order chi connectivity index (χ0) is 11.6. The molecule has 86 valence electrons. The molecule has 0 aromatic rings. The fourth-order valence-electron chi connectivity index (χ4n) is 1.75. The van der Waals surface area contributed by atoms with Crippen molar-refractivity contribution in [2.24, 2.45) is 0 Å². The van der Waals surface area contributed by atoms with Crippen molar-refractivity contribution in [3.8, 4) is 0 Å². The third-order valence-electron chi connectivity index (χ3n) is 2.35. The number of ether oxygens (including phenoxy) is 1. The Labute approximate surface area is 90.6 Å². The molecule has 4 heteroatoms. The number of hydrogen-bond acceptors (Lipinski definition) is 3. The molecule has 4 nitrogen and oxygen atoms in total. The molecule has 1 heterocycles. The van der Waals surface area contributed by atoms with Crippen LogP contribution in [0.5, 0.6) is 0 Å². The normalized spacial score (nSPS) is 22.0. The number of likely N-dealkylation sites (N-methyl/N-ethyl adjacent to an activating group) is 1. The molecule has 0 bridgehead atoms. The number of likely N-dealkylation sites (tertiary alicyclic amines) is 1. The van der Waals surface area contributed by atoms with Gasteiger partial charge in [-0.05, 0) is 34.1 Å². The fraction of sp³-hybridized carbons (Fsp3) is 0.818. The summed E-state index contributed by atoms with van der Waals surface area (Å²) in [5, 5.41) is 0. The molecule has 0 radical (unpaired) electrons. The molecule has 0 saturated carbocycles. The first kappa shape index (κ1) is 12.0. The molecule has 1 atom stereocenters. The lowest BCUT2D eigenvalue weighted by Gasteiger charge is -2.26. The summed E-state index contributed by atoms with van der Waals surface area (Å²) in [6.45, 7) is 7.94. The zero-order valence-electron chi connectivity index (χ0n) is 9.87. The van der Waals surface area contributed by atoms with Crippen molar-refractivity contribution in [1.82, 2.24) is 4.90 Å². The Kier molecular flexibility index (Phi) is 3.37. The van der Waals surface area contributed by atoms with Gasteiger partial charge in [-0.2, -0.15) is 0 Å². The quantitative estimate of drug-likeness (QED) is 0.650. The van der Waals surface area contributed by atoms with Crippen molar-refractivity contribution >= 4 is 11.9 Å². The minimum absolute atomic E-state index is 0.0494. The summed E-state index contributed by atoms with van der Waals surface area (Å²) < 4.78 is 5.27. The minimum Gasteiger partial charge on any atom is -0.458 e. The number of carbonyl (C=O) groups excluding carboxylic acids is 2. The number of hydrogen-bond donors (Lipinski definition) is 0. The van der Waals surface area contributed by atoms with Gasteiger partial charge in [0.15, 0.2) is 0 Å². The lowest BCUT2D eigenvalue weighted by Crippen LogP contribution is -2.41. The first-order valence-corrected chi connectivity index (χ1v) is 5.37. The van der Waals surface area contributed by atoms with Crippen LogP contribution in [0.25, 0.3) is 0 Å². The van der Waals surface area contributed by atoms with Crippen molar-refractivity contribution in [3.63, 3.8) is 0 Å². The van der Waals surface area contributed by atoms with Crippen LogP contribution in [0, 0.1) is 0 Å². The van der Waals surface area contributed by atoms with E-state index in [2.05, 4.69) is 0 Å². The lowest BCUT2D eigenvalue weighted by molar-refractivity contribution is -0.162. The highest BCUT2D eigenvalue weighted by atomic mass is 16.6. The third-order valence-corrected chi connectivity index (χ3v) is 2.35. The van der Waals surface area contributed by atoms with Gasteiger partial charge in [0.1, 0.15) is 11.6 Å². The number of carbonyl (C=O) groups is 2. The SMILES string of the molecule is CCN1C(=O)CCC1C(=O)OC(C)(C)C. The molecule has 1 amide bonds. The Morgan fingerprint density at radius 1 is 1.53 bits per heavy atom. The Morgan fingerprint density at radius 2 is 2.13 bits per heavy atom. The zero-order valence-corrected chi connectivity index (χ0v) is 9.87. The van der Waals surface area contributed by atoms with Crippen LogP contribution in [0.15, 0.2) is 0 Å². The van der Waals surface area contributed by atoms with E-state index in [1.165, 1.54) is 0 Å². The van der Waals surface area contributed by atoms with Gasteiger partial charge in [-0.3, -0.25) is 4.79 Å². The minimum atomic E-state index is -0.484. The average molecular weight is 213 g/mol. The molecule has 0 N–H and O–H groups in total. The highest BCUT2D eigenvalue weighted by Crippen LogP contribution is 2.21. The molecule has 15 heavy (non-hydrogen) atoms. The number of amides is 1. The van der Waals surface area contributed by atoms with E-state index >= 15 is 0 Å². The van der Waals surface area contributed by atoms with Gasteiger partial charge < -0.3 is 9.64 Å². The van der Waals surface area contributed by atoms with Crippen molar-refractivity contribution in [2.75, 3.05) is 6.54 Å². The van der Waals surface area contributed by atoms with Gasteiger partial charge >= 0.3 is 5.97 Å². The van der Waals surface area contributed by atoms with Crippen LogP contribution in [-0.4, -0.2) is 35.0 Å². The summed E-state index contributed by atoms with van der Waals surface area (Å²) >= 11 is 0. The summed E-state index contributed by atoms with van der Waals surface area (Å²) in [7, 11) is 0. The van der Waals surface area contributed by atoms with Crippen LogP contribution in [0.2, 0.25) is 0 Å². The van der Waals surface area contributed by atoms with Crippen molar-refractivity contribution in [3.05, 3.63) is 0 Å². The van der Waals surface area contributed by atoms with Gasteiger partial charge in [0.05, 0.1) is 0 Å². The van der Waals surface area contributed by atoms with Crippen LogP contribution in [-0.2, 0) is 14.3 Å². The summed E-state index contributed by atoms with van der Waals surface area (Å²) in [6, 6.07) is -0.373. The highest BCUT2D eigenvalue weighted by molar-refractivity contribution is 5.88. The maximum Gasteiger partial charge on any atom is 0.329 e. The molecule has 0 aliphatic carbocycles. The molecule has 1 rings (SSSR count). The topological polar surface area (TPSA) is 46.6 Å². The van der Waals surface area contributed by atoms with Gasteiger partial charge in [0, 0.05) is 13.0 Å². The lowest BCUT2D eigenvalue weighted by atomic mass is 10.1. The molecule has 1 aliphatic rings. The Morgan fingerprint density at radius 3 is 2.60 bits per heavy atom. The van der Waals surface area contributed by atoms with E-state index in [0.29, 0.717) is 19.4 Å². The molecule has 0 aromatic carbocycles. The summed E-state index contributed by atoms with van der Waals surface area (Å²) in [5.41, 5.74) is -0.484. The van der Waals surface area contributed by atoms with Crippen LogP contribution >= 0.6 is 0 Å². The van der Waals surface area contributed by atoms with Crippen molar-refractivity contribution in [2.45, 2.75) is 52.2 Å². The monoisotopic (exact) mass is 213 g/mol. The molecule has 1 fully saturated rings. The Balaban J connectivity index is 2.64. The smallest absolute Gasteiger partial charge is 0.329 e. The second-order valence-electron chi connectivity index (χ2n) is 4.77. The van der Waals surface area contributed by atoms with Crippen LogP contribution < -0.4 is 0 Å². The first-order valence-electron chi connectivity index (χ1n) is 5.37. The summed E-state index contributed by atoms with van der Waals surface area (Å²) in [4.78, 5) is 24.8. The first-order chi connectivity index (χ1) is 6.85. The highest BCUT2D eigenvalue weighted by Gasteiger charge is 2.37. The van der Waals surface area contributed by atoms with E-state index in [1.807, 2.05) is 27.7 Å². The Hall–Kier alpha value is -1.06. The predicted octanol–water partition coefficient (Wildman–Crippen LogP) is 1.34.